The van der Waals surface area contributed by atoms with Gasteiger partial charge in [-0.05, 0) is 57.1 Å². The zero-order valence-electron chi connectivity index (χ0n) is 16.4. The summed E-state index contributed by atoms with van der Waals surface area (Å²) in [6.45, 7) is 2.03. The Morgan fingerprint density at radius 3 is 2.15 bits per heavy atom. The van der Waals surface area contributed by atoms with Crippen molar-refractivity contribution >= 4 is 0 Å². The van der Waals surface area contributed by atoms with Gasteiger partial charge in [0.1, 0.15) is 0 Å². The normalized spacial score (nSPS) is 12.0. The van der Waals surface area contributed by atoms with Gasteiger partial charge < -0.3 is 10.2 Å². The fourth-order valence-electron chi connectivity index (χ4n) is 2.96. The number of para-hydroxylation sites is 1. The number of unbranched alkanes of at least 4 members (excludes halogenated alkanes) is 8. The highest BCUT2D eigenvalue weighted by atomic mass is 16.3. The van der Waals surface area contributed by atoms with Gasteiger partial charge in [0.15, 0.2) is 11.5 Å². The van der Waals surface area contributed by atoms with Crippen molar-refractivity contribution in [1.82, 2.24) is 0 Å². The molecule has 0 saturated carbocycles. The van der Waals surface area contributed by atoms with Crippen LogP contribution in [0.2, 0.25) is 0 Å². The lowest BCUT2D eigenvalue weighted by molar-refractivity contribution is 0.398. The SMILES string of the molecule is C/C=C/C=C/CC/C=C\CCCCCCCCCc1cccc(O)c1O. The molecule has 2 N–H and O–H groups in total. The van der Waals surface area contributed by atoms with Gasteiger partial charge in [-0.1, -0.05) is 80.7 Å². The van der Waals surface area contributed by atoms with Crippen LogP contribution in [0.15, 0.2) is 54.7 Å². The summed E-state index contributed by atoms with van der Waals surface area (Å²) in [4.78, 5) is 0. The Labute approximate surface area is 160 Å². The number of phenolic OH excluding ortho intramolecular Hbond substituents is 2. The summed E-state index contributed by atoms with van der Waals surface area (Å²) in [5.41, 5.74) is 0.856. The van der Waals surface area contributed by atoms with E-state index in [-0.39, 0.29) is 11.5 Å². The summed E-state index contributed by atoms with van der Waals surface area (Å²) >= 11 is 0. The molecule has 0 atom stereocenters. The van der Waals surface area contributed by atoms with Crippen molar-refractivity contribution in [3.05, 3.63) is 60.2 Å². The lowest BCUT2D eigenvalue weighted by atomic mass is 10.0. The number of rotatable bonds is 14. The van der Waals surface area contributed by atoms with Gasteiger partial charge in [0, 0.05) is 0 Å². The first-order valence-electron chi connectivity index (χ1n) is 10.2. The summed E-state index contributed by atoms with van der Waals surface area (Å²) in [6.07, 6.45) is 26.1. The van der Waals surface area contributed by atoms with Gasteiger partial charge in [0.2, 0.25) is 0 Å². The lowest BCUT2D eigenvalue weighted by Crippen LogP contribution is -1.87. The summed E-state index contributed by atoms with van der Waals surface area (Å²) in [6, 6.07) is 5.21. The van der Waals surface area contributed by atoms with Gasteiger partial charge in [-0.2, -0.15) is 0 Å². The predicted octanol–water partition coefficient (Wildman–Crippen LogP) is 7.23. The number of aromatic hydroxyl groups is 2. The third-order valence-corrected chi connectivity index (χ3v) is 4.52. The Hall–Kier alpha value is -1.96. The first-order chi connectivity index (χ1) is 12.8. The molecule has 26 heavy (non-hydrogen) atoms. The Balaban J connectivity index is 1.90. The number of phenols is 2. The van der Waals surface area contributed by atoms with Crippen LogP contribution in [0, 0.1) is 0 Å². The molecule has 0 heterocycles. The molecule has 0 unspecified atom stereocenters. The summed E-state index contributed by atoms with van der Waals surface area (Å²) in [5.74, 6) is 0.0380. The van der Waals surface area contributed by atoms with E-state index in [1.807, 2.05) is 19.1 Å². The standard InChI is InChI=1S/C24H36O2/c1-2-3-4-5-6-7-8-9-10-11-12-13-14-15-16-17-19-22-20-18-21-23(25)24(22)26/h2-5,8-9,18,20-21,25-26H,6-7,10-17,19H2,1H3/b3-2+,5-4+,9-8-. The molecule has 0 aliphatic heterocycles. The van der Waals surface area contributed by atoms with Crippen molar-refractivity contribution in [2.45, 2.75) is 77.6 Å². The highest BCUT2D eigenvalue weighted by Gasteiger charge is 2.04. The van der Waals surface area contributed by atoms with Gasteiger partial charge >= 0.3 is 0 Å². The Bertz CT molecular complexity index is 555. The number of hydrogen-bond donors (Lipinski definition) is 2. The smallest absolute Gasteiger partial charge is 0.160 e. The molecule has 0 aliphatic rings. The molecule has 2 heteroatoms. The zero-order chi connectivity index (χ0) is 18.9. The minimum absolute atomic E-state index is 0.0124. The minimum atomic E-state index is -0.0124. The molecule has 0 aromatic heterocycles. The van der Waals surface area contributed by atoms with Gasteiger partial charge in [-0.15, -0.1) is 0 Å². The van der Waals surface area contributed by atoms with E-state index in [9.17, 15) is 10.2 Å². The van der Waals surface area contributed by atoms with Crippen molar-refractivity contribution in [3.8, 4) is 11.5 Å². The molecule has 144 valence electrons. The van der Waals surface area contributed by atoms with E-state index in [0.29, 0.717) is 0 Å². The highest BCUT2D eigenvalue weighted by Crippen LogP contribution is 2.29. The summed E-state index contributed by atoms with van der Waals surface area (Å²) < 4.78 is 0. The van der Waals surface area contributed by atoms with Crippen LogP contribution in [0.1, 0.15) is 76.7 Å². The third-order valence-electron chi connectivity index (χ3n) is 4.52. The van der Waals surface area contributed by atoms with E-state index in [1.165, 1.54) is 51.0 Å². The van der Waals surface area contributed by atoms with Crippen LogP contribution in [-0.4, -0.2) is 10.2 Å². The number of aryl methyl sites for hydroxylation is 1. The third kappa shape index (κ3) is 10.8. The van der Waals surface area contributed by atoms with Crippen molar-refractivity contribution in [1.29, 1.82) is 0 Å². The fourth-order valence-corrected chi connectivity index (χ4v) is 2.96. The predicted molar refractivity (Wildman–Crippen MR) is 113 cm³/mol. The van der Waals surface area contributed by atoms with E-state index in [1.54, 1.807) is 6.07 Å². The molecule has 0 saturated heterocycles. The van der Waals surface area contributed by atoms with Gasteiger partial charge in [0.25, 0.3) is 0 Å². The molecular formula is C24H36O2. The molecule has 0 aliphatic carbocycles. The van der Waals surface area contributed by atoms with Crippen LogP contribution in [0.25, 0.3) is 0 Å². The first-order valence-corrected chi connectivity index (χ1v) is 10.2. The molecule has 1 aromatic carbocycles. The second kappa shape index (κ2) is 15.3. The van der Waals surface area contributed by atoms with Crippen LogP contribution >= 0.6 is 0 Å². The van der Waals surface area contributed by atoms with Crippen molar-refractivity contribution in [3.63, 3.8) is 0 Å². The molecule has 2 nitrogen and oxygen atoms in total. The molecule has 1 aromatic rings. The highest BCUT2D eigenvalue weighted by molar-refractivity contribution is 5.44. The first kappa shape index (κ1) is 22.1. The quantitative estimate of drug-likeness (QED) is 0.160. The van der Waals surface area contributed by atoms with Gasteiger partial charge in [-0.25, -0.2) is 0 Å². The lowest BCUT2D eigenvalue weighted by Gasteiger charge is -2.06. The maximum atomic E-state index is 9.76. The maximum Gasteiger partial charge on any atom is 0.160 e. The van der Waals surface area contributed by atoms with Crippen LogP contribution < -0.4 is 0 Å². The van der Waals surface area contributed by atoms with Gasteiger partial charge in [-0.3, -0.25) is 0 Å². The molecular weight excluding hydrogens is 320 g/mol. The van der Waals surface area contributed by atoms with E-state index in [0.717, 1.165) is 31.2 Å². The zero-order valence-corrected chi connectivity index (χ0v) is 16.4. The Kier molecular flexibility index (Phi) is 13.0. The molecule has 1 rings (SSSR count). The average molecular weight is 357 g/mol. The summed E-state index contributed by atoms with van der Waals surface area (Å²) in [7, 11) is 0. The molecule has 0 fully saturated rings. The second-order valence-corrected chi connectivity index (χ2v) is 6.80. The van der Waals surface area contributed by atoms with E-state index < -0.39 is 0 Å². The van der Waals surface area contributed by atoms with Crippen LogP contribution in [0.5, 0.6) is 11.5 Å². The Morgan fingerprint density at radius 1 is 0.731 bits per heavy atom. The monoisotopic (exact) mass is 356 g/mol. The van der Waals surface area contributed by atoms with Crippen molar-refractivity contribution < 1.29 is 10.2 Å². The van der Waals surface area contributed by atoms with Crippen LogP contribution in [-0.2, 0) is 6.42 Å². The van der Waals surface area contributed by atoms with E-state index in [2.05, 4.69) is 30.4 Å². The Morgan fingerprint density at radius 2 is 1.38 bits per heavy atom. The largest absolute Gasteiger partial charge is 0.504 e. The molecule has 0 bridgehead atoms. The van der Waals surface area contributed by atoms with E-state index in [4.69, 9.17) is 0 Å². The molecule has 0 spiro atoms. The molecule has 0 amide bonds. The van der Waals surface area contributed by atoms with Crippen molar-refractivity contribution in [2.24, 2.45) is 0 Å². The summed E-state index contributed by atoms with van der Waals surface area (Å²) in [5, 5.41) is 19.2. The minimum Gasteiger partial charge on any atom is -0.504 e. The number of hydrogen-bond acceptors (Lipinski definition) is 2. The number of benzene rings is 1. The molecule has 0 radical (unpaired) electrons. The van der Waals surface area contributed by atoms with E-state index >= 15 is 0 Å². The van der Waals surface area contributed by atoms with Gasteiger partial charge in [0.05, 0.1) is 0 Å². The maximum absolute atomic E-state index is 9.76. The van der Waals surface area contributed by atoms with Crippen molar-refractivity contribution in [2.75, 3.05) is 0 Å². The second-order valence-electron chi connectivity index (χ2n) is 6.80. The topological polar surface area (TPSA) is 40.5 Å². The number of allylic oxidation sites excluding steroid dienone is 6. The van der Waals surface area contributed by atoms with Crippen LogP contribution in [0.4, 0.5) is 0 Å². The average Bonchev–Trinajstić information content (AvgIpc) is 2.64. The van der Waals surface area contributed by atoms with Crippen LogP contribution in [0.3, 0.4) is 0 Å². The fraction of sp³-hybridized carbons (Fsp3) is 0.500.